The van der Waals surface area contributed by atoms with Crippen LogP contribution in [0.15, 0.2) is 41.4 Å². The Morgan fingerprint density at radius 2 is 1.80 bits per heavy atom. The molecule has 2 nitrogen and oxygen atoms in total. The molecule has 1 heterocycles. The van der Waals surface area contributed by atoms with Crippen molar-refractivity contribution in [1.82, 2.24) is 0 Å². The quantitative estimate of drug-likeness (QED) is 0.500. The summed E-state index contributed by atoms with van der Waals surface area (Å²) in [6, 6.07) is 9.44. The number of anilines is 1. The number of likely N-dealkylation sites (N-methyl/N-ethyl adjacent to an activating group) is 1. The van der Waals surface area contributed by atoms with Gasteiger partial charge in [-0.25, -0.2) is 0 Å². The van der Waals surface area contributed by atoms with Crippen LogP contribution in [0.25, 0.3) is 5.57 Å². The molecule has 0 aromatic heterocycles. The highest BCUT2D eigenvalue weighted by molar-refractivity contribution is 6.43. The molecule has 1 aliphatic heterocycles. The molecule has 25 heavy (non-hydrogen) atoms. The van der Waals surface area contributed by atoms with Crippen LogP contribution < -0.4 is 4.90 Å². The largest absolute Gasteiger partial charge is 0.365 e. The maximum absolute atomic E-state index is 6.51. The summed E-state index contributed by atoms with van der Waals surface area (Å²) in [4.78, 5) is 6.69. The second-order valence-corrected chi connectivity index (χ2v) is 7.95. The lowest BCUT2D eigenvalue weighted by molar-refractivity contribution is 0.598. The van der Waals surface area contributed by atoms with Gasteiger partial charge in [-0.3, -0.25) is 4.99 Å². The fourth-order valence-electron chi connectivity index (χ4n) is 3.02. The van der Waals surface area contributed by atoms with Crippen molar-refractivity contribution in [3.8, 4) is 0 Å². The van der Waals surface area contributed by atoms with E-state index in [1.54, 1.807) is 12.3 Å². The van der Waals surface area contributed by atoms with Crippen LogP contribution in [-0.2, 0) is 0 Å². The van der Waals surface area contributed by atoms with Crippen molar-refractivity contribution in [3.63, 3.8) is 0 Å². The summed E-state index contributed by atoms with van der Waals surface area (Å²) in [5.41, 5.74) is 4.92. The predicted molar refractivity (Wildman–Crippen MR) is 111 cm³/mol. The van der Waals surface area contributed by atoms with Crippen LogP contribution in [0, 0.1) is 0 Å². The zero-order valence-corrected chi connectivity index (χ0v) is 16.8. The molecule has 2 aromatic carbocycles. The number of hydrogen-bond donors (Lipinski definition) is 0. The minimum Gasteiger partial charge on any atom is -0.365 e. The second kappa shape index (κ2) is 6.68. The van der Waals surface area contributed by atoms with Crippen LogP contribution in [0.4, 0.5) is 11.4 Å². The first kappa shape index (κ1) is 18.3. The number of hydrogen-bond acceptors (Lipinski definition) is 2. The number of fused-ring (bicyclic) bond motifs is 1. The molecule has 0 amide bonds. The Morgan fingerprint density at radius 1 is 1.08 bits per heavy atom. The molecule has 0 radical (unpaired) electrons. The molecule has 0 unspecified atom stereocenters. The van der Waals surface area contributed by atoms with Gasteiger partial charge in [0, 0.05) is 30.1 Å². The summed E-state index contributed by atoms with van der Waals surface area (Å²) in [5.74, 6) is 0. The fourth-order valence-corrected chi connectivity index (χ4v) is 3.57. The number of benzene rings is 2. The molecule has 0 saturated heterocycles. The molecule has 1 aliphatic rings. The Kier molecular flexibility index (Phi) is 4.89. The van der Waals surface area contributed by atoms with Gasteiger partial charge >= 0.3 is 0 Å². The third-order valence-electron chi connectivity index (χ3n) is 4.61. The maximum Gasteiger partial charge on any atom is 0.0848 e. The summed E-state index contributed by atoms with van der Waals surface area (Å²) in [5, 5.41) is 1.57. The molecule has 130 valence electrons. The van der Waals surface area contributed by atoms with Gasteiger partial charge in [0.15, 0.2) is 0 Å². The molecule has 5 heteroatoms. The Bertz CT molecular complexity index is 898. The van der Waals surface area contributed by atoms with Crippen molar-refractivity contribution in [2.24, 2.45) is 4.99 Å². The molecular weight excluding hydrogens is 375 g/mol. The van der Waals surface area contributed by atoms with E-state index in [9.17, 15) is 0 Å². The summed E-state index contributed by atoms with van der Waals surface area (Å²) >= 11 is 18.7. The monoisotopic (exact) mass is 392 g/mol. The van der Waals surface area contributed by atoms with Gasteiger partial charge in [0.2, 0.25) is 0 Å². The second-order valence-electron chi connectivity index (χ2n) is 6.76. The molecule has 0 N–H and O–H groups in total. The van der Waals surface area contributed by atoms with E-state index in [1.165, 1.54) is 5.57 Å². The molecule has 0 bridgehead atoms. The summed E-state index contributed by atoms with van der Waals surface area (Å²) in [7, 11) is 2.08. The first-order valence-electron chi connectivity index (χ1n) is 7.96. The van der Waals surface area contributed by atoms with Crippen molar-refractivity contribution in [3.05, 3.63) is 62.6 Å². The van der Waals surface area contributed by atoms with Crippen LogP contribution in [0.5, 0.6) is 0 Å². The van der Waals surface area contributed by atoms with Crippen molar-refractivity contribution in [1.29, 1.82) is 0 Å². The average Bonchev–Trinajstić information content (AvgIpc) is 2.54. The maximum atomic E-state index is 6.51. The van der Waals surface area contributed by atoms with E-state index in [0.717, 1.165) is 16.8 Å². The lowest BCUT2D eigenvalue weighted by atomic mass is 9.88. The smallest absolute Gasteiger partial charge is 0.0848 e. The van der Waals surface area contributed by atoms with Gasteiger partial charge in [-0.05, 0) is 50.6 Å². The number of nitrogens with zero attached hydrogens (tertiary/aromatic N) is 2. The Labute approximate surface area is 163 Å². The highest BCUT2D eigenvalue weighted by Gasteiger charge is 2.29. The number of aliphatic imine (C=N–C) groups is 1. The van der Waals surface area contributed by atoms with Crippen molar-refractivity contribution in [2.45, 2.75) is 26.3 Å². The van der Waals surface area contributed by atoms with Gasteiger partial charge in [-0.1, -0.05) is 46.9 Å². The van der Waals surface area contributed by atoms with E-state index < -0.39 is 0 Å². The molecule has 3 rings (SSSR count). The van der Waals surface area contributed by atoms with Crippen LogP contribution in [0.3, 0.4) is 0 Å². The minimum atomic E-state index is -0.0513. The van der Waals surface area contributed by atoms with Gasteiger partial charge in [-0.2, -0.15) is 0 Å². The van der Waals surface area contributed by atoms with Gasteiger partial charge in [-0.15, -0.1) is 0 Å². The molecule has 0 atom stereocenters. The lowest BCUT2D eigenvalue weighted by Gasteiger charge is -2.40. The van der Waals surface area contributed by atoms with Gasteiger partial charge < -0.3 is 4.90 Å². The Balaban J connectivity index is 2.04. The van der Waals surface area contributed by atoms with Crippen molar-refractivity contribution < 1.29 is 0 Å². The van der Waals surface area contributed by atoms with Crippen LogP contribution in [0.1, 0.15) is 31.9 Å². The van der Waals surface area contributed by atoms with Crippen molar-refractivity contribution in [2.75, 3.05) is 11.9 Å². The summed E-state index contributed by atoms with van der Waals surface area (Å²) in [6.45, 7) is 6.49. The highest BCUT2D eigenvalue weighted by Crippen LogP contribution is 2.40. The zero-order chi connectivity index (χ0) is 18.4. The SMILES string of the molecule is CC1=CC(C)(C)N(C)c2cc(Cl)c(C=Nc3cccc(Cl)c3Cl)cc21. The van der Waals surface area contributed by atoms with Gasteiger partial charge in [0.05, 0.1) is 26.3 Å². The van der Waals surface area contributed by atoms with E-state index in [1.807, 2.05) is 18.2 Å². The average molecular weight is 394 g/mol. The molecule has 2 aromatic rings. The van der Waals surface area contributed by atoms with E-state index in [4.69, 9.17) is 34.8 Å². The third-order valence-corrected chi connectivity index (χ3v) is 5.75. The van der Waals surface area contributed by atoms with Crippen LogP contribution in [-0.4, -0.2) is 18.8 Å². The number of rotatable bonds is 2. The molecule has 0 fully saturated rings. The molecule has 0 saturated carbocycles. The Hall–Kier alpha value is -1.48. The highest BCUT2D eigenvalue weighted by atomic mass is 35.5. The van der Waals surface area contributed by atoms with Gasteiger partial charge in [0.25, 0.3) is 0 Å². The van der Waals surface area contributed by atoms with E-state index >= 15 is 0 Å². The topological polar surface area (TPSA) is 15.6 Å². The van der Waals surface area contributed by atoms with Gasteiger partial charge in [0.1, 0.15) is 0 Å². The molecular formula is C20H19Cl3N2. The van der Waals surface area contributed by atoms with E-state index in [0.29, 0.717) is 20.8 Å². The predicted octanol–water partition coefficient (Wildman–Crippen LogP) is 7.03. The first-order chi connectivity index (χ1) is 11.7. The van der Waals surface area contributed by atoms with Crippen LogP contribution >= 0.6 is 34.8 Å². The van der Waals surface area contributed by atoms with Crippen molar-refractivity contribution >= 4 is 58.0 Å². The third kappa shape index (κ3) is 3.44. The zero-order valence-electron chi connectivity index (χ0n) is 14.6. The lowest BCUT2D eigenvalue weighted by Crippen LogP contribution is -2.42. The molecule has 0 spiro atoms. The summed E-state index contributed by atoms with van der Waals surface area (Å²) in [6.07, 6.45) is 3.99. The fraction of sp³-hybridized carbons (Fsp3) is 0.250. The standard InChI is InChI=1S/C20H19Cl3N2/c1-12-10-20(2,3)25(4)18-9-16(22)13(8-14(12)18)11-24-17-7-5-6-15(21)19(17)23/h5-11H,1-4H3. The number of allylic oxidation sites excluding steroid dienone is 1. The molecule has 0 aliphatic carbocycles. The first-order valence-corrected chi connectivity index (χ1v) is 9.09. The van der Waals surface area contributed by atoms with E-state index in [2.05, 4.69) is 49.9 Å². The summed E-state index contributed by atoms with van der Waals surface area (Å²) < 4.78 is 0. The Morgan fingerprint density at radius 3 is 2.52 bits per heavy atom. The minimum absolute atomic E-state index is 0.0513. The van der Waals surface area contributed by atoms with Crippen LogP contribution in [0.2, 0.25) is 15.1 Å². The van der Waals surface area contributed by atoms with E-state index in [-0.39, 0.29) is 5.54 Å². The number of halogens is 3. The normalized spacial score (nSPS) is 16.1.